The van der Waals surface area contributed by atoms with Crippen molar-refractivity contribution in [1.82, 2.24) is 0 Å². The molecule has 0 saturated carbocycles. The number of amides is 1. The van der Waals surface area contributed by atoms with E-state index in [1.165, 1.54) is 32.1 Å². The van der Waals surface area contributed by atoms with Crippen LogP contribution >= 0.6 is 11.3 Å². The molecule has 0 saturated heterocycles. The number of carbonyl (C=O) groups is 2. The number of nitrogens with one attached hydrogen (secondary N) is 1. The fraction of sp³-hybridized carbons (Fsp3) is 0.391. The van der Waals surface area contributed by atoms with Crippen LogP contribution in [0.3, 0.4) is 0 Å². The quantitative estimate of drug-likeness (QED) is 0.251. The predicted octanol–water partition coefficient (Wildman–Crippen LogP) is 6.72. The number of hydrogen-bond acceptors (Lipinski definition) is 3. The van der Waals surface area contributed by atoms with E-state index in [0.29, 0.717) is 12.0 Å². The van der Waals surface area contributed by atoms with Gasteiger partial charge in [0.25, 0.3) is 0 Å². The van der Waals surface area contributed by atoms with Crippen LogP contribution in [0.15, 0.2) is 47.9 Å². The molecule has 0 radical (unpaired) electrons. The van der Waals surface area contributed by atoms with E-state index in [-0.39, 0.29) is 11.7 Å². The van der Waals surface area contributed by atoms with Gasteiger partial charge in [0.15, 0.2) is 5.78 Å². The van der Waals surface area contributed by atoms with Crippen molar-refractivity contribution in [2.45, 2.75) is 58.3 Å². The Balaban J connectivity index is 1.70. The summed E-state index contributed by atoms with van der Waals surface area (Å²) >= 11 is 1.60. The average Bonchev–Trinajstić information content (AvgIpc) is 3.19. The van der Waals surface area contributed by atoms with Crippen LogP contribution in [-0.2, 0) is 4.79 Å². The number of rotatable bonds is 12. The molecule has 0 aliphatic rings. The molecule has 1 aromatic heterocycles. The van der Waals surface area contributed by atoms with E-state index in [0.717, 1.165) is 23.4 Å². The third-order valence-electron chi connectivity index (χ3n) is 4.40. The highest BCUT2D eigenvalue weighted by Crippen LogP contribution is 2.14. The number of hydrogen-bond donors (Lipinski definition) is 1. The van der Waals surface area contributed by atoms with Gasteiger partial charge in [0.1, 0.15) is 0 Å². The Bertz CT molecular complexity index is 717. The lowest BCUT2D eigenvalue weighted by Crippen LogP contribution is -2.11. The van der Waals surface area contributed by atoms with Gasteiger partial charge in [0.2, 0.25) is 5.91 Å². The molecule has 4 heteroatoms. The number of carbonyl (C=O) groups excluding carboxylic acids is 2. The van der Waals surface area contributed by atoms with Gasteiger partial charge in [-0.15, -0.1) is 11.3 Å². The van der Waals surface area contributed by atoms with Gasteiger partial charge in [-0.05, 0) is 54.3 Å². The van der Waals surface area contributed by atoms with Crippen molar-refractivity contribution in [2.24, 2.45) is 0 Å². The highest BCUT2D eigenvalue weighted by molar-refractivity contribution is 7.10. The lowest BCUT2D eigenvalue weighted by Gasteiger charge is -2.06. The molecule has 1 amide bonds. The zero-order valence-electron chi connectivity index (χ0n) is 16.1. The lowest BCUT2D eigenvalue weighted by molar-refractivity contribution is -0.116. The molecule has 1 N–H and O–H groups in total. The Morgan fingerprint density at radius 1 is 0.963 bits per heavy atom. The van der Waals surface area contributed by atoms with Gasteiger partial charge in [-0.25, -0.2) is 0 Å². The van der Waals surface area contributed by atoms with Crippen molar-refractivity contribution in [3.8, 4) is 0 Å². The zero-order valence-corrected chi connectivity index (χ0v) is 16.9. The van der Waals surface area contributed by atoms with Crippen LogP contribution in [0, 0.1) is 0 Å². The summed E-state index contributed by atoms with van der Waals surface area (Å²) in [5.41, 5.74) is 1.36. The van der Waals surface area contributed by atoms with Crippen LogP contribution < -0.4 is 5.32 Å². The van der Waals surface area contributed by atoms with E-state index in [2.05, 4.69) is 12.2 Å². The number of benzene rings is 1. The van der Waals surface area contributed by atoms with E-state index in [9.17, 15) is 9.59 Å². The van der Waals surface area contributed by atoms with E-state index in [4.69, 9.17) is 0 Å². The zero-order chi connectivity index (χ0) is 19.3. The smallest absolute Gasteiger partial charge is 0.224 e. The molecule has 3 nitrogen and oxygen atoms in total. The molecule has 1 heterocycles. The second-order valence-electron chi connectivity index (χ2n) is 6.71. The van der Waals surface area contributed by atoms with Crippen molar-refractivity contribution in [3.63, 3.8) is 0 Å². The maximum atomic E-state index is 12.2. The Morgan fingerprint density at radius 2 is 1.67 bits per heavy atom. The second-order valence-corrected chi connectivity index (χ2v) is 7.69. The summed E-state index contributed by atoms with van der Waals surface area (Å²) in [4.78, 5) is 25.2. The molecule has 27 heavy (non-hydrogen) atoms. The van der Waals surface area contributed by atoms with Crippen LogP contribution in [0.5, 0.6) is 0 Å². The van der Waals surface area contributed by atoms with Crippen LogP contribution in [0.2, 0.25) is 0 Å². The third-order valence-corrected chi connectivity index (χ3v) is 5.24. The molecule has 0 bridgehead atoms. The first-order chi connectivity index (χ1) is 13.2. The predicted molar refractivity (Wildman–Crippen MR) is 115 cm³/mol. The minimum Gasteiger partial charge on any atom is -0.326 e. The molecular formula is C23H29NO2S. The standard InChI is InChI=1S/C23H29NO2S/c1-2-3-4-5-6-7-8-11-23(26)24-20-14-12-19(13-15-20)22(25)17-16-21-10-9-18-27-21/h9-10,12-18H,2-8,11H2,1H3,(H,24,26)/b17-16+. The minimum absolute atomic E-state index is 0.0376. The van der Waals surface area contributed by atoms with E-state index in [1.807, 2.05) is 23.6 Å². The van der Waals surface area contributed by atoms with Crippen molar-refractivity contribution < 1.29 is 9.59 Å². The van der Waals surface area contributed by atoms with E-state index < -0.39 is 0 Å². The van der Waals surface area contributed by atoms with Gasteiger partial charge in [-0.3, -0.25) is 9.59 Å². The summed E-state index contributed by atoms with van der Waals surface area (Å²) in [7, 11) is 0. The molecule has 2 rings (SSSR count). The van der Waals surface area contributed by atoms with Crippen molar-refractivity contribution in [1.29, 1.82) is 0 Å². The monoisotopic (exact) mass is 383 g/mol. The minimum atomic E-state index is -0.0376. The number of allylic oxidation sites excluding steroid dienone is 1. The summed E-state index contributed by atoms with van der Waals surface area (Å²) in [5, 5.41) is 4.89. The summed E-state index contributed by atoms with van der Waals surface area (Å²) in [6, 6.07) is 11.0. The highest BCUT2D eigenvalue weighted by atomic mass is 32.1. The molecule has 144 valence electrons. The molecule has 0 aliphatic heterocycles. The number of thiophene rings is 1. The molecule has 0 unspecified atom stereocenters. The lowest BCUT2D eigenvalue weighted by atomic mass is 10.1. The van der Waals surface area contributed by atoms with Crippen LogP contribution in [-0.4, -0.2) is 11.7 Å². The van der Waals surface area contributed by atoms with Crippen molar-refractivity contribution in [2.75, 3.05) is 5.32 Å². The first-order valence-electron chi connectivity index (χ1n) is 9.85. The molecule has 2 aromatic rings. The van der Waals surface area contributed by atoms with Gasteiger partial charge >= 0.3 is 0 Å². The fourth-order valence-electron chi connectivity index (χ4n) is 2.82. The van der Waals surface area contributed by atoms with Gasteiger partial charge in [0.05, 0.1) is 0 Å². The summed E-state index contributed by atoms with van der Waals surface area (Å²) in [5.74, 6) is 0.00424. The second kappa shape index (κ2) is 12.2. The Hall–Kier alpha value is -2.20. The van der Waals surface area contributed by atoms with Crippen molar-refractivity contribution in [3.05, 3.63) is 58.3 Å². The van der Waals surface area contributed by atoms with Gasteiger partial charge in [-0.1, -0.05) is 51.5 Å². The van der Waals surface area contributed by atoms with E-state index in [1.54, 1.807) is 41.7 Å². The average molecular weight is 384 g/mol. The molecule has 0 fully saturated rings. The van der Waals surface area contributed by atoms with Crippen LogP contribution in [0.4, 0.5) is 5.69 Å². The van der Waals surface area contributed by atoms with E-state index >= 15 is 0 Å². The van der Waals surface area contributed by atoms with Gasteiger partial charge in [0, 0.05) is 22.5 Å². The maximum Gasteiger partial charge on any atom is 0.224 e. The molecular weight excluding hydrogens is 354 g/mol. The summed E-state index contributed by atoms with van der Waals surface area (Å²) in [6.45, 7) is 2.22. The van der Waals surface area contributed by atoms with Crippen LogP contribution in [0.25, 0.3) is 6.08 Å². The number of anilines is 1. The largest absolute Gasteiger partial charge is 0.326 e. The number of unbranched alkanes of at least 4 members (excludes halogenated alkanes) is 6. The topological polar surface area (TPSA) is 46.2 Å². The highest BCUT2D eigenvalue weighted by Gasteiger charge is 2.05. The third kappa shape index (κ3) is 8.35. The van der Waals surface area contributed by atoms with Crippen molar-refractivity contribution >= 4 is 34.8 Å². The SMILES string of the molecule is CCCCCCCCCC(=O)Nc1ccc(C(=O)/C=C/c2cccs2)cc1. The summed E-state index contributed by atoms with van der Waals surface area (Å²) in [6.07, 6.45) is 12.4. The normalized spacial score (nSPS) is 11.0. The fourth-order valence-corrected chi connectivity index (χ4v) is 3.44. The summed E-state index contributed by atoms with van der Waals surface area (Å²) < 4.78 is 0. The Labute approximate surface area is 166 Å². The number of ketones is 1. The maximum absolute atomic E-state index is 12.2. The Kier molecular flexibility index (Phi) is 9.56. The molecule has 0 spiro atoms. The first-order valence-corrected chi connectivity index (χ1v) is 10.7. The molecule has 1 aromatic carbocycles. The molecule has 0 atom stereocenters. The van der Waals surface area contributed by atoms with Gasteiger partial charge in [-0.2, -0.15) is 0 Å². The molecule has 0 aliphatic carbocycles. The van der Waals surface area contributed by atoms with Gasteiger partial charge < -0.3 is 5.32 Å². The van der Waals surface area contributed by atoms with Crippen LogP contribution in [0.1, 0.15) is 73.5 Å². The first kappa shape index (κ1) is 21.1. The Morgan fingerprint density at radius 3 is 2.33 bits per heavy atom.